The van der Waals surface area contributed by atoms with E-state index in [1.807, 2.05) is 37.3 Å². The van der Waals surface area contributed by atoms with Gasteiger partial charge in [0.25, 0.3) is 0 Å². The van der Waals surface area contributed by atoms with E-state index in [2.05, 4.69) is 17.2 Å². The van der Waals surface area contributed by atoms with Gasteiger partial charge in [0.05, 0.1) is 6.04 Å². The second-order valence-electron chi connectivity index (χ2n) is 5.59. The molecular formula is C18H25N3O3. The molecule has 0 aliphatic heterocycles. The van der Waals surface area contributed by atoms with Crippen LogP contribution >= 0.6 is 0 Å². The number of amides is 3. The molecule has 3 amide bonds. The Balaban J connectivity index is 2.38. The van der Waals surface area contributed by atoms with Gasteiger partial charge in [0.1, 0.15) is 6.04 Å². The fraction of sp³-hybridized carbons (Fsp3) is 0.389. The summed E-state index contributed by atoms with van der Waals surface area (Å²) in [5, 5.41) is 5.39. The van der Waals surface area contributed by atoms with Crippen molar-refractivity contribution in [2.24, 2.45) is 5.73 Å². The van der Waals surface area contributed by atoms with Crippen molar-refractivity contribution >= 4 is 17.7 Å². The summed E-state index contributed by atoms with van der Waals surface area (Å²) in [7, 11) is 0. The Labute approximate surface area is 142 Å². The average Bonchev–Trinajstić information content (AvgIpc) is 2.57. The van der Waals surface area contributed by atoms with Gasteiger partial charge in [-0.3, -0.25) is 14.4 Å². The van der Waals surface area contributed by atoms with Crippen LogP contribution in [0.3, 0.4) is 0 Å². The van der Waals surface area contributed by atoms with E-state index in [0.29, 0.717) is 12.8 Å². The Kier molecular flexibility index (Phi) is 8.25. The number of benzene rings is 1. The summed E-state index contributed by atoms with van der Waals surface area (Å²) in [6.07, 6.45) is 2.69. The number of hydrogen-bond acceptors (Lipinski definition) is 3. The molecule has 0 bridgehead atoms. The lowest BCUT2D eigenvalue weighted by atomic mass is 10.1. The predicted octanol–water partition coefficient (Wildman–Crippen LogP) is 1.58. The van der Waals surface area contributed by atoms with Crippen molar-refractivity contribution in [1.29, 1.82) is 0 Å². The number of rotatable bonds is 10. The molecule has 0 fully saturated rings. The van der Waals surface area contributed by atoms with Crippen LogP contribution < -0.4 is 16.4 Å². The zero-order chi connectivity index (χ0) is 17.9. The molecule has 0 aromatic heterocycles. The van der Waals surface area contributed by atoms with Crippen molar-refractivity contribution < 1.29 is 14.4 Å². The third-order valence-corrected chi connectivity index (χ3v) is 3.59. The van der Waals surface area contributed by atoms with Crippen LogP contribution in [0.1, 0.15) is 44.2 Å². The SMILES string of the molecule is C=CCC[C@H](NC(=O)CCC(=O)N[C@H](C)c1ccccc1)C(N)=O. The third-order valence-electron chi connectivity index (χ3n) is 3.59. The van der Waals surface area contributed by atoms with Gasteiger partial charge in [-0.05, 0) is 25.3 Å². The first kappa shape index (κ1) is 19.4. The summed E-state index contributed by atoms with van der Waals surface area (Å²) < 4.78 is 0. The second kappa shape index (κ2) is 10.2. The largest absolute Gasteiger partial charge is 0.368 e. The van der Waals surface area contributed by atoms with Crippen LogP contribution in [0.4, 0.5) is 0 Å². The predicted molar refractivity (Wildman–Crippen MR) is 92.8 cm³/mol. The van der Waals surface area contributed by atoms with Gasteiger partial charge in [-0.2, -0.15) is 0 Å². The van der Waals surface area contributed by atoms with E-state index in [0.717, 1.165) is 5.56 Å². The van der Waals surface area contributed by atoms with Gasteiger partial charge in [0.15, 0.2) is 0 Å². The molecule has 4 N–H and O–H groups in total. The highest BCUT2D eigenvalue weighted by Gasteiger charge is 2.18. The van der Waals surface area contributed by atoms with Crippen LogP contribution in [0.5, 0.6) is 0 Å². The molecule has 0 saturated carbocycles. The van der Waals surface area contributed by atoms with Gasteiger partial charge in [-0.15, -0.1) is 6.58 Å². The number of primary amides is 1. The van der Waals surface area contributed by atoms with E-state index in [1.54, 1.807) is 6.08 Å². The molecular weight excluding hydrogens is 306 g/mol. The number of nitrogens with one attached hydrogen (secondary N) is 2. The number of carbonyl (C=O) groups excluding carboxylic acids is 3. The van der Waals surface area contributed by atoms with Crippen molar-refractivity contribution in [3.8, 4) is 0 Å². The van der Waals surface area contributed by atoms with Crippen LogP contribution in [0.15, 0.2) is 43.0 Å². The highest BCUT2D eigenvalue weighted by molar-refractivity contribution is 5.88. The van der Waals surface area contributed by atoms with Crippen molar-refractivity contribution in [2.75, 3.05) is 0 Å². The van der Waals surface area contributed by atoms with Gasteiger partial charge in [0.2, 0.25) is 17.7 Å². The second-order valence-corrected chi connectivity index (χ2v) is 5.59. The maximum Gasteiger partial charge on any atom is 0.240 e. The van der Waals surface area contributed by atoms with Crippen molar-refractivity contribution in [1.82, 2.24) is 10.6 Å². The Hall–Kier alpha value is -2.63. The normalized spacial score (nSPS) is 12.7. The van der Waals surface area contributed by atoms with Crippen molar-refractivity contribution in [3.63, 3.8) is 0 Å². The minimum absolute atomic E-state index is 0.00517. The highest BCUT2D eigenvalue weighted by atomic mass is 16.2. The summed E-state index contributed by atoms with van der Waals surface area (Å²) >= 11 is 0. The van der Waals surface area contributed by atoms with E-state index in [-0.39, 0.29) is 30.7 Å². The summed E-state index contributed by atoms with van der Waals surface area (Å²) in [5.41, 5.74) is 6.24. The van der Waals surface area contributed by atoms with E-state index >= 15 is 0 Å². The Bertz CT molecular complexity index is 572. The monoisotopic (exact) mass is 331 g/mol. The summed E-state index contributed by atoms with van der Waals surface area (Å²) in [5.74, 6) is -1.18. The Morgan fingerprint density at radius 3 is 2.25 bits per heavy atom. The lowest BCUT2D eigenvalue weighted by Crippen LogP contribution is -2.44. The van der Waals surface area contributed by atoms with Crippen LogP contribution in [0, 0.1) is 0 Å². The van der Waals surface area contributed by atoms with Crippen molar-refractivity contribution in [2.45, 2.75) is 44.7 Å². The molecule has 0 unspecified atom stereocenters. The van der Waals surface area contributed by atoms with Gasteiger partial charge in [-0.25, -0.2) is 0 Å². The van der Waals surface area contributed by atoms with Crippen LogP contribution in [-0.4, -0.2) is 23.8 Å². The number of hydrogen-bond donors (Lipinski definition) is 3. The zero-order valence-corrected chi connectivity index (χ0v) is 14.0. The number of allylic oxidation sites excluding steroid dienone is 1. The lowest BCUT2D eigenvalue weighted by molar-refractivity contribution is -0.129. The molecule has 0 saturated heterocycles. The fourth-order valence-corrected chi connectivity index (χ4v) is 2.20. The molecule has 0 aliphatic rings. The molecule has 2 atom stereocenters. The molecule has 130 valence electrons. The van der Waals surface area contributed by atoms with Gasteiger partial charge < -0.3 is 16.4 Å². The van der Waals surface area contributed by atoms with E-state index in [9.17, 15) is 14.4 Å². The van der Waals surface area contributed by atoms with E-state index < -0.39 is 11.9 Å². The summed E-state index contributed by atoms with van der Waals surface area (Å²) in [4.78, 5) is 35.1. The quantitative estimate of drug-likeness (QED) is 0.567. The van der Waals surface area contributed by atoms with Crippen LogP contribution in [0.25, 0.3) is 0 Å². The zero-order valence-electron chi connectivity index (χ0n) is 14.0. The van der Waals surface area contributed by atoms with Crippen LogP contribution in [-0.2, 0) is 14.4 Å². The molecule has 1 aromatic carbocycles. The third kappa shape index (κ3) is 7.09. The molecule has 0 heterocycles. The summed E-state index contributed by atoms with van der Waals surface area (Å²) in [6.45, 7) is 5.45. The van der Waals surface area contributed by atoms with E-state index in [1.165, 1.54) is 0 Å². The number of nitrogens with two attached hydrogens (primary N) is 1. The Morgan fingerprint density at radius 2 is 1.71 bits per heavy atom. The highest BCUT2D eigenvalue weighted by Crippen LogP contribution is 2.11. The molecule has 0 radical (unpaired) electrons. The average molecular weight is 331 g/mol. The first-order valence-corrected chi connectivity index (χ1v) is 7.98. The maximum absolute atomic E-state index is 11.9. The van der Waals surface area contributed by atoms with Crippen molar-refractivity contribution in [3.05, 3.63) is 48.6 Å². The smallest absolute Gasteiger partial charge is 0.240 e. The van der Waals surface area contributed by atoms with E-state index in [4.69, 9.17) is 5.73 Å². The fourth-order valence-electron chi connectivity index (χ4n) is 2.20. The minimum atomic E-state index is -0.734. The number of carbonyl (C=O) groups is 3. The molecule has 24 heavy (non-hydrogen) atoms. The molecule has 1 rings (SSSR count). The standard InChI is InChI=1S/C18H25N3O3/c1-3-4-10-15(18(19)24)21-17(23)12-11-16(22)20-13(2)14-8-6-5-7-9-14/h3,5-9,13,15H,1,4,10-12H2,2H3,(H2,19,24)(H,20,22)(H,21,23)/t13-,15+/m1/s1. The Morgan fingerprint density at radius 1 is 1.12 bits per heavy atom. The van der Waals surface area contributed by atoms with Crippen LogP contribution in [0.2, 0.25) is 0 Å². The molecule has 1 aromatic rings. The topological polar surface area (TPSA) is 101 Å². The lowest BCUT2D eigenvalue weighted by Gasteiger charge is -2.16. The van der Waals surface area contributed by atoms with Gasteiger partial charge >= 0.3 is 0 Å². The minimum Gasteiger partial charge on any atom is -0.368 e. The summed E-state index contributed by atoms with van der Waals surface area (Å²) in [6, 6.07) is 8.69. The first-order valence-electron chi connectivity index (χ1n) is 7.98. The molecule has 0 aliphatic carbocycles. The molecule has 0 spiro atoms. The van der Waals surface area contributed by atoms with Gasteiger partial charge in [0, 0.05) is 12.8 Å². The molecule has 6 nitrogen and oxygen atoms in total. The first-order chi connectivity index (χ1) is 11.4. The molecule has 6 heteroatoms. The maximum atomic E-state index is 11.9. The van der Waals surface area contributed by atoms with Gasteiger partial charge in [-0.1, -0.05) is 36.4 Å².